The predicted molar refractivity (Wildman–Crippen MR) is 151 cm³/mol. The average molecular weight is 542 g/mol. The Morgan fingerprint density at radius 2 is 1.67 bits per heavy atom. The monoisotopic (exact) mass is 541 g/mol. The molecule has 0 unspecified atom stereocenters. The lowest BCUT2D eigenvalue weighted by Gasteiger charge is -2.34. The molecule has 9 heteroatoms. The van der Waals surface area contributed by atoms with Gasteiger partial charge < -0.3 is 24.0 Å². The molecule has 0 N–H and O–H groups in total. The van der Waals surface area contributed by atoms with E-state index in [-0.39, 0.29) is 37.0 Å². The van der Waals surface area contributed by atoms with Gasteiger partial charge >= 0.3 is 5.69 Å². The Kier molecular flexibility index (Phi) is 11.6. The van der Waals surface area contributed by atoms with Crippen molar-refractivity contribution in [1.82, 2.24) is 9.80 Å². The van der Waals surface area contributed by atoms with E-state index in [0.29, 0.717) is 38.5 Å². The second kappa shape index (κ2) is 14.8. The Bertz CT molecular complexity index is 1060. The number of piperidine rings is 2. The quantitative estimate of drug-likeness (QED) is 0.278. The molecule has 2 aliphatic rings. The van der Waals surface area contributed by atoms with Gasteiger partial charge in [0.1, 0.15) is 11.9 Å². The summed E-state index contributed by atoms with van der Waals surface area (Å²) in [6, 6.07) is 13.1. The summed E-state index contributed by atoms with van der Waals surface area (Å²) in [5.74, 6) is 0.953. The molecule has 2 aliphatic heterocycles. The van der Waals surface area contributed by atoms with Gasteiger partial charge in [-0.1, -0.05) is 37.3 Å². The van der Waals surface area contributed by atoms with Crippen LogP contribution >= 0.6 is 0 Å². The first-order valence-corrected chi connectivity index (χ1v) is 13.7. The largest absolute Gasteiger partial charge is 0.490 e. The van der Waals surface area contributed by atoms with E-state index in [2.05, 4.69) is 36.1 Å². The van der Waals surface area contributed by atoms with E-state index in [9.17, 15) is 14.9 Å². The minimum atomic E-state index is -0.457. The first kappa shape index (κ1) is 30.4. The van der Waals surface area contributed by atoms with Crippen LogP contribution in [0.25, 0.3) is 0 Å². The molecule has 0 saturated carbocycles. The summed E-state index contributed by atoms with van der Waals surface area (Å²) >= 11 is 0. The number of nitro benzene ring substituents is 1. The third-order valence-electron chi connectivity index (χ3n) is 7.31. The second-order valence-electron chi connectivity index (χ2n) is 10.1. The Balaban J connectivity index is 0.00000420. The predicted octanol–water partition coefficient (Wildman–Crippen LogP) is 5.38. The van der Waals surface area contributed by atoms with Gasteiger partial charge in [0, 0.05) is 64.1 Å². The molecule has 4 rings (SSSR count). The highest BCUT2D eigenvalue weighted by atomic mass is 16.6. The van der Waals surface area contributed by atoms with Crippen LogP contribution in [0.15, 0.2) is 42.5 Å². The van der Waals surface area contributed by atoms with Crippen molar-refractivity contribution < 1.29 is 23.9 Å². The molecule has 0 aromatic heterocycles. The molecule has 0 radical (unpaired) electrons. The molecule has 0 bridgehead atoms. The number of hydrogen-bond acceptors (Lipinski definition) is 7. The van der Waals surface area contributed by atoms with Gasteiger partial charge in [0.05, 0.1) is 24.2 Å². The number of aryl methyl sites for hydroxylation is 1. The number of rotatable bonds is 11. The van der Waals surface area contributed by atoms with Gasteiger partial charge in [-0.05, 0) is 38.3 Å². The van der Waals surface area contributed by atoms with E-state index >= 15 is 0 Å². The number of carbonyl (C=O) groups is 1. The van der Waals surface area contributed by atoms with Gasteiger partial charge in [0.25, 0.3) is 0 Å². The molecule has 1 amide bonds. The standard InChI is InChI=1S/C29H39N3O6.CH4/c1-3-36-28-20-26(8-9-27(28)32(34)35)38-25-12-18-31(19-13-25)29(33)14-17-30-15-10-24(11-16-30)37-21-23-6-4-22(2)5-7-23;/h4-9,20,24-25H,3,10-19,21H2,1-2H3;1H4. The SMILES string of the molecule is C.CCOc1cc(OC2CCN(C(=O)CCN3CCC(OCc4ccc(C)cc4)CC3)CC2)ccc1[N+](=O)[O-]. The number of hydrogen-bond donors (Lipinski definition) is 0. The number of likely N-dealkylation sites (tertiary alicyclic amines) is 2. The summed E-state index contributed by atoms with van der Waals surface area (Å²) in [7, 11) is 0. The number of ether oxygens (including phenoxy) is 3. The molecule has 0 spiro atoms. The Hall–Kier alpha value is -3.17. The number of nitrogens with zero attached hydrogens (tertiary/aromatic N) is 3. The Morgan fingerprint density at radius 1 is 1.00 bits per heavy atom. The first-order valence-electron chi connectivity index (χ1n) is 13.7. The highest BCUT2D eigenvalue weighted by molar-refractivity contribution is 5.76. The fourth-order valence-corrected chi connectivity index (χ4v) is 5.02. The molecule has 2 heterocycles. The molecule has 2 saturated heterocycles. The summed E-state index contributed by atoms with van der Waals surface area (Å²) < 4.78 is 17.6. The summed E-state index contributed by atoms with van der Waals surface area (Å²) in [5.41, 5.74) is 2.40. The molecule has 0 aliphatic carbocycles. The van der Waals surface area contributed by atoms with Gasteiger partial charge in [-0.15, -0.1) is 0 Å². The maximum Gasteiger partial charge on any atom is 0.311 e. The summed E-state index contributed by atoms with van der Waals surface area (Å²) in [6.45, 7) is 8.88. The zero-order valence-corrected chi connectivity index (χ0v) is 22.5. The molecular weight excluding hydrogens is 498 g/mol. The van der Waals surface area contributed by atoms with E-state index in [0.717, 1.165) is 45.3 Å². The Labute approximate surface area is 232 Å². The first-order chi connectivity index (χ1) is 18.4. The van der Waals surface area contributed by atoms with E-state index in [4.69, 9.17) is 14.2 Å². The summed E-state index contributed by atoms with van der Waals surface area (Å²) in [6.07, 6.45) is 4.23. The normalized spacial score (nSPS) is 16.9. The van der Waals surface area contributed by atoms with Gasteiger partial charge in [-0.25, -0.2) is 0 Å². The van der Waals surface area contributed by atoms with Crippen molar-refractivity contribution in [1.29, 1.82) is 0 Å². The van der Waals surface area contributed by atoms with Crippen molar-refractivity contribution in [3.05, 3.63) is 63.7 Å². The van der Waals surface area contributed by atoms with Gasteiger partial charge in [-0.3, -0.25) is 14.9 Å². The maximum absolute atomic E-state index is 12.8. The van der Waals surface area contributed by atoms with Crippen LogP contribution < -0.4 is 9.47 Å². The van der Waals surface area contributed by atoms with Crippen molar-refractivity contribution in [2.24, 2.45) is 0 Å². The summed E-state index contributed by atoms with van der Waals surface area (Å²) in [5, 5.41) is 11.2. The van der Waals surface area contributed by atoms with Crippen LogP contribution in [0.2, 0.25) is 0 Å². The lowest BCUT2D eigenvalue weighted by atomic mass is 10.1. The minimum absolute atomic E-state index is 0. The van der Waals surface area contributed by atoms with E-state index < -0.39 is 4.92 Å². The van der Waals surface area contributed by atoms with Gasteiger partial charge in [0.2, 0.25) is 11.7 Å². The van der Waals surface area contributed by atoms with Gasteiger partial charge in [-0.2, -0.15) is 0 Å². The van der Waals surface area contributed by atoms with Crippen LogP contribution in [0.4, 0.5) is 5.69 Å². The molecule has 2 fully saturated rings. The fourth-order valence-electron chi connectivity index (χ4n) is 5.02. The third-order valence-corrected chi connectivity index (χ3v) is 7.31. The number of carbonyl (C=O) groups excluding carboxylic acids is 1. The topological polar surface area (TPSA) is 94.4 Å². The van der Waals surface area contributed by atoms with E-state index in [1.807, 2.05) is 4.90 Å². The highest BCUT2D eigenvalue weighted by Crippen LogP contribution is 2.32. The summed E-state index contributed by atoms with van der Waals surface area (Å²) in [4.78, 5) is 27.9. The van der Waals surface area contributed by atoms with Crippen molar-refractivity contribution in [3.8, 4) is 11.5 Å². The zero-order valence-electron chi connectivity index (χ0n) is 22.5. The van der Waals surface area contributed by atoms with Crippen LogP contribution in [0, 0.1) is 17.0 Å². The van der Waals surface area contributed by atoms with E-state index in [1.54, 1.807) is 19.1 Å². The van der Waals surface area contributed by atoms with Crippen LogP contribution in [0.5, 0.6) is 11.5 Å². The maximum atomic E-state index is 12.8. The van der Waals surface area contributed by atoms with Crippen molar-refractivity contribution in [2.45, 2.75) is 72.2 Å². The van der Waals surface area contributed by atoms with Crippen molar-refractivity contribution in [2.75, 3.05) is 39.3 Å². The minimum Gasteiger partial charge on any atom is -0.490 e. The van der Waals surface area contributed by atoms with Crippen LogP contribution in [0.1, 0.15) is 57.6 Å². The smallest absolute Gasteiger partial charge is 0.311 e. The molecule has 2 aromatic rings. The van der Waals surface area contributed by atoms with Gasteiger partial charge in [0.15, 0.2) is 0 Å². The highest BCUT2D eigenvalue weighted by Gasteiger charge is 2.26. The molecule has 2 aromatic carbocycles. The molecular formula is C30H43N3O6. The molecule has 39 heavy (non-hydrogen) atoms. The van der Waals surface area contributed by atoms with Crippen molar-refractivity contribution >= 4 is 11.6 Å². The molecule has 9 nitrogen and oxygen atoms in total. The second-order valence-corrected chi connectivity index (χ2v) is 10.1. The van der Waals surface area contributed by atoms with Crippen molar-refractivity contribution in [3.63, 3.8) is 0 Å². The lowest BCUT2D eigenvalue weighted by Crippen LogP contribution is -2.44. The number of benzene rings is 2. The zero-order chi connectivity index (χ0) is 26.9. The average Bonchev–Trinajstić information content (AvgIpc) is 2.92. The molecule has 0 atom stereocenters. The van der Waals surface area contributed by atoms with E-state index in [1.165, 1.54) is 17.2 Å². The lowest BCUT2D eigenvalue weighted by molar-refractivity contribution is -0.385. The van der Waals surface area contributed by atoms with Crippen LogP contribution in [-0.4, -0.2) is 72.2 Å². The third kappa shape index (κ3) is 8.93. The molecule has 214 valence electrons. The van der Waals surface area contributed by atoms with Crippen LogP contribution in [0.3, 0.4) is 0 Å². The fraction of sp³-hybridized carbons (Fsp3) is 0.567. The Morgan fingerprint density at radius 3 is 2.31 bits per heavy atom. The number of amides is 1. The van der Waals surface area contributed by atoms with Crippen LogP contribution in [-0.2, 0) is 16.1 Å². The number of nitro groups is 1.